The molecule has 0 radical (unpaired) electrons. The molecule has 0 saturated carbocycles. The van der Waals surface area contributed by atoms with Crippen molar-refractivity contribution in [3.05, 3.63) is 48.3 Å². The largest absolute Gasteiger partial charge is 2.00 e. The van der Waals surface area contributed by atoms with Crippen molar-refractivity contribution in [3.63, 3.8) is 0 Å². The van der Waals surface area contributed by atoms with Crippen LogP contribution in [-0.4, -0.2) is 8.32 Å². The van der Waals surface area contributed by atoms with Gasteiger partial charge in [0.1, 0.15) is 0 Å². The molecule has 0 saturated heterocycles. The monoisotopic (exact) mass is 380 g/mol. The van der Waals surface area contributed by atoms with Crippen molar-refractivity contribution in [2.45, 2.75) is 51.7 Å². The zero-order valence-corrected chi connectivity index (χ0v) is 17.3. The molecule has 2 aliphatic rings. The Hall–Kier alpha value is 0.271. The van der Waals surface area contributed by atoms with Gasteiger partial charge in [-0.1, -0.05) is 26.5 Å². The van der Waals surface area contributed by atoms with E-state index in [0.717, 1.165) is 18.6 Å². The van der Waals surface area contributed by atoms with Crippen LogP contribution in [0.4, 0.5) is 0 Å². The quantitative estimate of drug-likeness (QED) is 0.432. The normalized spacial score (nSPS) is 14.1. The van der Waals surface area contributed by atoms with E-state index >= 15 is 0 Å². The Bertz CT molecular complexity index is 343. The van der Waals surface area contributed by atoms with Crippen LogP contribution in [-0.2, 0) is 26.1 Å². The van der Waals surface area contributed by atoms with E-state index in [-0.39, 0.29) is 46.5 Å². The molecule has 0 aromatic carbocycles. The van der Waals surface area contributed by atoms with Gasteiger partial charge in [-0.3, -0.25) is 6.08 Å². The van der Waals surface area contributed by atoms with Gasteiger partial charge in [0.25, 0.3) is 0 Å². The molecule has 0 N–H and O–H groups in total. The predicted molar refractivity (Wildman–Crippen MR) is 94.9 cm³/mol. The molecule has 118 valence electrons. The number of hydrogen-bond acceptors (Lipinski definition) is 1. The molecule has 0 bridgehead atoms. The van der Waals surface area contributed by atoms with E-state index in [9.17, 15) is 0 Å². The molecule has 1 nitrogen and oxygen atoms in total. The minimum absolute atomic E-state index is 0. The van der Waals surface area contributed by atoms with Gasteiger partial charge in [-0.25, -0.2) is 18.2 Å². The van der Waals surface area contributed by atoms with Crippen molar-refractivity contribution < 1.29 is 26.1 Å². The summed E-state index contributed by atoms with van der Waals surface area (Å²) in [5, 5.41) is 0. The minimum atomic E-state index is -1.43. The third-order valence-electron chi connectivity index (χ3n) is 3.51. The van der Waals surface area contributed by atoms with Crippen LogP contribution in [0.3, 0.4) is 0 Å². The van der Waals surface area contributed by atoms with E-state index in [2.05, 4.69) is 51.2 Å². The van der Waals surface area contributed by atoms with Crippen molar-refractivity contribution in [1.82, 2.24) is 0 Å². The summed E-state index contributed by atoms with van der Waals surface area (Å²) in [6.45, 7) is 6.75. The van der Waals surface area contributed by atoms with Crippen LogP contribution in [0.5, 0.6) is 0 Å². The van der Waals surface area contributed by atoms with Crippen molar-refractivity contribution in [3.8, 4) is 0 Å². The molecule has 0 unspecified atom stereocenters. The van der Waals surface area contributed by atoms with Crippen LogP contribution >= 0.6 is 24.8 Å². The Balaban J connectivity index is -0.000000349. The van der Waals surface area contributed by atoms with Gasteiger partial charge >= 0.3 is 21.7 Å². The van der Waals surface area contributed by atoms with E-state index in [0.29, 0.717) is 0 Å². The van der Waals surface area contributed by atoms with Crippen molar-refractivity contribution in [1.29, 1.82) is 0 Å². The maximum absolute atomic E-state index is 6.10. The summed E-state index contributed by atoms with van der Waals surface area (Å²) >= 11 is 0. The smallest absolute Gasteiger partial charge is 0.576 e. The summed E-state index contributed by atoms with van der Waals surface area (Å²) in [6.07, 6.45) is 18.3. The zero-order valence-electron chi connectivity index (χ0n) is 13.1. The second-order valence-corrected chi connectivity index (χ2v) is 9.19. The zero-order chi connectivity index (χ0) is 13.3. The Labute approximate surface area is 158 Å². The number of halogens is 2. The minimum Gasteiger partial charge on any atom is -0.576 e. The molecule has 2 aliphatic carbocycles. The molecule has 0 aromatic heterocycles. The molecule has 2 rings (SSSR count). The molecular weight excluding hydrogens is 355 g/mol. The summed E-state index contributed by atoms with van der Waals surface area (Å²) in [6, 6.07) is 3.62. The fourth-order valence-corrected chi connectivity index (χ4v) is 4.53. The van der Waals surface area contributed by atoms with Crippen LogP contribution in [0.1, 0.15) is 33.6 Å². The van der Waals surface area contributed by atoms with Gasteiger partial charge in [0.2, 0.25) is 8.32 Å². The summed E-state index contributed by atoms with van der Waals surface area (Å²) in [4.78, 5) is 0. The average molecular weight is 381 g/mol. The number of allylic oxidation sites excluding steroid dienone is 7. The predicted octanol–water partition coefficient (Wildman–Crippen LogP) is 5.80. The standard InChI is InChI=1S/C11H19OSi.C5H5.2ClH.Ti/c1-4-13(5-2,6-3)12-11-9-7-8-10-11;1-2-4-5-3-1;;;/h7,9H,4-6,8H2,1-3H3;1-3H,4H2;2*1H;/q2*-1;;;+2. The second-order valence-electron chi connectivity index (χ2n) is 4.50. The van der Waals surface area contributed by atoms with Crippen LogP contribution in [0.15, 0.2) is 36.1 Å². The number of hydrogen-bond donors (Lipinski definition) is 0. The first-order chi connectivity index (χ1) is 8.76. The van der Waals surface area contributed by atoms with Gasteiger partial charge in [-0.05, 0) is 18.1 Å². The van der Waals surface area contributed by atoms with Gasteiger partial charge in [0.15, 0.2) is 0 Å². The summed E-state index contributed by atoms with van der Waals surface area (Å²) in [5.41, 5.74) is 0. The topological polar surface area (TPSA) is 9.23 Å². The molecule has 5 heteroatoms. The van der Waals surface area contributed by atoms with Crippen molar-refractivity contribution in [2.75, 3.05) is 0 Å². The Morgan fingerprint density at radius 3 is 1.95 bits per heavy atom. The number of rotatable bonds is 5. The molecule has 0 spiro atoms. The second kappa shape index (κ2) is 15.2. The molecular formula is C16H26Cl2OSiTi. The SMILES string of the molecule is CC[Si](CC)(CC)OC1=[C-]CC=C1.Cl.Cl.[C-]1=CC=CC1.[Ti+2]. The molecule has 21 heavy (non-hydrogen) atoms. The molecule has 0 fully saturated rings. The maximum Gasteiger partial charge on any atom is 2.00 e. The third kappa shape index (κ3) is 9.81. The van der Waals surface area contributed by atoms with Crippen LogP contribution in [0, 0.1) is 12.2 Å². The van der Waals surface area contributed by atoms with E-state index < -0.39 is 8.32 Å². The Kier molecular flexibility index (Phi) is 18.9. The van der Waals surface area contributed by atoms with Crippen molar-refractivity contribution in [2.24, 2.45) is 0 Å². The average Bonchev–Trinajstić information content (AvgIpc) is 3.11. The Morgan fingerprint density at radius 2 is 1.67 bits per heavy atom. The first-order valence-electron chi connectivity index (χ1n) is 6.94. The summed E-state index contributed by atoms with van der Waals surface area (Å²) in [5.74, 6) is 0.997. The van der Waals surface area contributed by atoms with Gasteiger partial charge in [-0.2, -0.15) is 18.2 Å². The molecule has 0 aliphatic heterocycles. The molecule has 0 heterocycles. The van der Waals surface area contributed by atoms with Crippen molar-refractivity contribution >= 4 is 33.1 Å². The van der Waals surface area contributed by atoms with Crippen LogP contribution in [0.2, 0.25) is 18.1 Å². The molecule has 0 aromatic rings. The van der Waals surface area contributed by atoms with Gasteiger partial charge in [0.05, 0.1) is 0 Å². The van der Waals surface area contributed by atoms with E-state index in [1.165, 1.54) is 18.1 Å². The van der Waals surface area contributed by atoms with E-state index in [1.54, 1.807) is 0 Å². The van der Waals surface area contributed by atoms with Gasteiger partial charge in [-0.15, -0.1) is 37.7 Å². The maximum atomic E-state index is 6.10. The fraction of sp³-hybridized carbons (Fsp3) is 0.500. The first-order valence-corrected chi connectivity index (χ1v) is 9.47. The molecule has 0 amide bonds. The summed E-state index contributed by atoms with van der Waals surface area (Å²) < 4.78 is 6.10. The molecule has 0 atom stereocenters. The van der Waals surface area contributed by atoms with E-state index in [1.807, 2.05) is 12.2 Å². The Morgan fingerprint density at radius 1 is 1.05 bits per heavy atom. The van der Waals surface area contributed by atoms with Gasteiger partial charge in [0, 0.05) is 0 Å². The first kappa shape index (κ1) is 26.2. The third-order valence-corrected chi connectivity index (χ3v) is 8.03. The fourth-order valence-electron chi connectivity index (χ4n) is 1.99. The summed E-state index contributed by atoms with van der Waals surface area (Å²) in [7, 11) is -1.43. The van der Waals surface area contributed by atoms with Crippen LogP contribution in [0.25, 0.3) is 0 Å². The van der Waals surface area contributed by atoms with E-state index in [4.69, 9.17) is 4.43 Å². The van der Waals surface area contributed by atoms with Crippen LogP contribution < -0.4 is 0 Å². The van der Waals surface area contributed by atoms with Gasteiger partial charge < -0.3 is 4.43 Å².